The van der Waals surface area contributed by atoms with Gasteiger partial charge in [0, 0.05) is 12.1 Å². The SMILES string of the molecule is CCN(CC)[C@H]1C[C@@]2(C)[C@@H](CC[C@@H]3[C@@H]2CC[C@]2(C)[C@@H](O)[C@@H](N4CCCCC4)C[C@@H]32)C[C@@H]1C. The van der Waals surface area contributed by atoms with Gasteiger partial charge in [-0.3, -0.25) is 4.90 Å². The zero-order valence-corrected chi connectivity index (χ0v) is 21.9. The molecule has 3 nitrogen and oxygen atoms in total. The van der Waals surface area contributed by atoms with E-state index in [0.717, 1.165) is 35.6 Å². The predicted octanol–water partition coefficient (Wildman–Crippen LogP) is 5.81. The molecule has 0 aromatic carbocycles. The smallest absolute Gasteiger partial charge is 0.0751 e. The van der Waals surface area contributed by atoms with Crippen LogP contribution in [0.5, 0.6) is 0 Å². The van der Waals surface area contributed by atoms with Crippen molar-refractivity contribution in [2.24, 2.45) is 40.4 Å². The summed E-state index contributed by atoms with van der Waals surface area (Å²) < 4.78 is 0. The summed E-state index contributed by atoms with van der Waals surface area (Å²) in [5.41, 5.74) is 0.672. The van der Waals surface area contributed by atoms with Gasteiger partial charge in [0.15, 0.2) is 0 Å². The summed E-state index contributed by atoms with van der Waals surface area (Å²) in [6.07, 6.45) is 13.6. The molecule has 5 aliphatic rings. The van der Waals surface area contributed by atoms with Crippen LogP contribution >= 0.6 is 0 Å². The summed E-state index contributed by atoms with van der Waals surface area (Å²) in [4.78, 5) is 5.47. The lowest BCUT2D eigenvalue weighted by atomic mass is 9.44. The van der Waals surface area contributed by atoms with E-state index >= 15 is 0 Å². The molecule has 10 atom stereocenters. The summed E-state index contributed by atoms with van der Waals surface area (Å²) in [5, 5.41) is 11.6. The second-order valence-electron chi connectivity index (χ2n) is 13.3. The lowest BCUT2D eigenvalue weighted by Crippen LogP contribution is -2.58. The van der Waals surface area contributed by atoms with E-state index in [4.69, 9.17) is 0 Å². The van der Waals surface area contributed by atoms with Gasteiger partial charge in [0.2, 0.25) is 0 Å². The summed E-state index contributed by atoms with van der Waals surface area (Å²) >= 11 is 0. The van der Waals surface area contributed by atoms with Crippen LogP contribution in [0.3, 0.4) is 0 Å². The molecular formula is C29H52N2O. The zero-order valence-electron chi connectivity index (χ0n) is 21.9. The van der Waals surface area contributed by atoms with Crippen LogP contribution in [-0.4, -0.2) is 59.3 Å². The number of aliphatic hydroxyl groups is 1. The van der Waals surface area contributed by atoms with E-state index in [1.165, 1.54) is 90.4 Å². The Hall–Kier alpha value is -0.120. The van der Waals surface area contributed by atoms with Crippen molar-refractivity contribution < 1.29 is 5.11 Å². The lowest BCUT2D eigenvalue weighted by Gasteiger charge is -2.62. The van der Waals surface area contributed by atoms with E-state index < -0.39 is 0 Å². The van der Waals surface area contributed by atoms with Crippen LogP contribution < -0.4 is 0 Å². The Bertz CT molecular complexity index is 658. The van der Waals surface area contributed by atoms with Crippen molar-refractivity contribution in [3.8, 4) is 0 Å². The molecule has 184 valence electrons. The van der Waals surface area contributed by atoms with Gasteiger partial charge in [0.05, 0.1) is 6.10 Å². The maximum Gasteiger partial charge on any atom is 0.0751 e. The van der Waals surface area contributed by atoms with Crippen LogP contribution in [0.2, 0.25) is 0 Å². The Balaban J connectivity index is 1.39. The Morgan fingerprint density at radius 3 is 2.31 bits per heavy atom. The minimum absolute atomic E-state index is 0.105. The molecule has 0 aromatic heterocycles. The van der Waals surface area contributed by atoms with Crippen LogP contribution in [0.15, 0.2) is 0 Å². The van der Waals surface area contributed by atoms with Crippen molar-refractivity contribution in [1.82, 2.24) is 9.80 Å². The molecule has 0 bridgehead atoms. The molecule has 0 spiro atoms. The number of hydrogen-bond donors (Lipinski definition) is 1. The van der Waals surface area contributed by atoms with Gasteiger partial charge in [0.25, 0.3) is 0 Å². The number of fused-ring (bicyclic) bond motifs is 5. The molecule has 1 aliphatic heterocycles. The third-order valence-electron chi connectivity index (χ3n) is 12.1. The fourth-order valence-corrected chi connectivity index (χ4v) is 10.3. The number of nitrogens with zero attached hydrogens (tertiary/aromatic N) is 2. The summed E-state index contributed by atoms with van der Waals surface area (Å²) in [5.74, 6) is 4.25. The Kier molecular flexibility index (Phi) is 6.52. The number of aliphatic hydroxyl groups excluding tert-OH is 1. The topological polar surface area (TPSA) is 26.7 Å². The second kappa shape index (κ2) is 8.83. The van der Waals surface area contributed by atoms with Crippen molar-refractivity contribution in [2.45, 2.75) is 117 Å². The van der Waals surface area contributed by atoms with E-state index in [-0.39, 0.29) is 11.5 Å². The average Bonchev–Trinajstić information content (AvgIpc) is 3.07. The molecule has 5 fully saturated rings. The third-order valence-corrected chi connectivity index (χ3v) is 12.1. The summed E-state index contributed by atoms with van der Waals surface area (Å²) in [6.45, 7) is 17.3. The number of rotatable bonds is 4. The highest BCUT2D eigenvalue weighted by Crippen LogP contribution is 2.67. The first-order valence-electron chi connectivity index (χ1n) is 14.5. The number of likely N-dealkylation sites (tertiary alicyclic amines) is 1. The highest BCUT2D eigenvalue weighted by molar-refractivity contribution is 5.13. The molecule has 0 amide bonds. The fourth-order valence-electron chi connectivity index (χ4n) is 10.3. The fraction of sp³-hybridized carbons (Fsp3) is 1.00. The quantitative estimate of drug-likeness (QED) is 0.593. The van der Waals surface area contributed by atoms with Gasteiger partial charge in [-0.2, -0.15) is 0 Å². The number of hydrogen-bond acceptors (Lipinski definition) is 3. The van der Waals surface area contributed by atoms with Gasteiger partial charge in [-0.15, -0.1) is 0 Å². The normalized spacial score (nSPS) is 51.8. The van der Waals surface area contributed by atoms with E-state index in [9.17, 15) is 5.11 Å². The van der Waals surface area contributed by atoms with Gasteiger partial charge in [-0.05, 0) is 124 Å². The highest BCUT2D eigenvalue weighted by Gasteiger charge is 2.63. The molecule has 0 unspecified atom stereocenters. The Labute approximate surface area is 198 Å². The molecule has 5 rings (SSSR count). The minimum Gasteiger partial charge on any atom is -0.391 e. The first-order chi connectivity index (χ1) is 15.3. The largest absolute Gasteiger partial charge is 0.391 e. The average molecular weight is 445 g/mol. The molecule has 4 aliphatic carbocycles. The van der Waals surface area contributed by atoms with Gasteiger partial charge >= 0.3 is 0 Å². The molecule has 1 N–H and O–H groups in total. The van der Waals surface area contributed by atoms with Gasteiger partial charge < -0.3 is 10.0 Å². The van der Waals surface area contributed by atoms with Crippen LogP contribution in [0.1, 0.15) is 98.8 Å². The van der Waals surface area contributed by atoms with Crippen LogP contribution in [0.25, 0.3) is 0 Å². The molecule has 0 aromatic rings. The van der Waals surface area contributed by atoms with Crippen LogP contribution in [0, 0.1) is 40.4 Å². The Morgan fingerprint density at radius 1 is 0.906 bits per heavy atom. The van der Waals surface area contributed by atoms with E-state index in [1.807, 2.05) is 0 Å². The summed E-state index contributed by atoms with van der Waals surface area (Å²) in [6, 6.07) is 1.21. The zero-order chi connectivity index (χ0) is 22.7. The second-order valence-corrected chi connectivity index (χ2v) is 13.3. The lowest BCUT2D eigenvalue weighted by molar-refractivity contribution is -0.140. The molecule has 0 radical (unpaired) electrons. The van der Waals surface area contributed by atoms with E-state index in [1.54, 1.807) is 0 Å². The first kappa shape index (κ1) is 23.6. The van der Waals surface area contributed by atoms with Crippen molar-refractivity contribution in [3.63, 3.8) is 0 Å². The maximum atomic E-state index is 11.6. The highest BCUT2D eigenvalue weighted by atomic mass is 16.3. The van der Waals surface area contributed by atoms with Crippen molar-refractivity contribution in [3.05, 3.63) is 0 Å². The van der Waals surface area contributed by atoms with E-state index in [0.29, 0.717) is 11.5 Å². The molecular weight excluding hydrogens is 392 g/mol. The summed E-state index contributed by atoms with van der Waals surface area (Å²) in [7, 11) is 0. The van der Waals surface area contributed by atoms with Gasteiger partial charge in [0.1, 0.15) is 0 Å². The molecule has 3 heteroatoms. The Morgan fingerprint density at radius 2 is 1.62 bits per heavy atom. The van der Waals surface area contributed by atoms with Crippen LogP contribution in [-0.2, 0) is 0 Å². The molecule has 1 heterocycles. The third kappa shape index (κ3) is 3.54. The van der Waals surface area contributed by atoms with Crippen molar-refractivity contribution >= 4 is 0 Å². The molecule has 32 heavy (non-hydrogen) atoms. The van der Waals surface area contributed by atoms with Crippen LogP contribution in [0.4, 0.5) is 0 Å². The van der Waals surface area contributed by atoms with Gasteiger partial charge in [-0.1, -0.05) is 41.0 Å². The molecule has 4 saturated carbocycles. The van der Waals surface area contributed by atoms with Gasteiger partial charge in [-0.25, -0.2) is 0 Å². The maximum absolute atomic E-state index is 11.6. The van der Waals surface area contributed by atoms with Crippen molar-refractivity contribution in [2.75, 3.05) is 26.2 Å². The monoisotopic (exact) mass is 444 g/mol. The molecule has 1 saturated heterocycles. The first-order valence-corrected chi connectivity index (χ1v) is 14.5. The van der Waals surface area contributed by atoms with E-state index in [2.05, 4.69) is 44.4 Å². The predicted molar refractivity (Wildman–Crippen MR) is 134 cm³/mol. The number of piperidine rings is 1. The van der Waals surface area contributed by atoms with Crippen molar-refractivity contribution in [1.29, 1.82) is 0 Å². The minimum atomic E-state index is -0.105. The standard InChI is InChI=1S/C29H52N2O/c1-6-30(7-2)26-19-29(5)21(17-20(26)3)11-12-22-23(29)13-14-28(4)24(22)18-25(27(28)32)31-15-9-8-10-16-31/h20-27,32H,6-19H2,1-5H3/t20-,21-,22+,23-,24-,25-,26-,27-,28-,29-/m0/s1.